The van der Waals surface area contributed by atoms with Crippen LogP contribution in [0.2, 0.25) is 0 Å². The second-order valence-electron chi connectivity index (χ2n) is 1.20. The highest BCUT2D eigenvalue weighted by atomic mass is 31.0. The molecule has 8 heavy (non-hydrogen) atoms. The van der Waals surface area contributed by atoms with Crippen molar-refractivity contribution in [1.82, 2.24) is 15.4 Å². The number of aromatic nitrogens is 3. The van der Waals surface area contributed by atoms with Crippen molar-refractivity contribution in [3.63, 3.8) is 0 Å². The van der Waals surface area contributed by atoms with Gasteiger partial charge in [-0.1, -0.05) is 8.86 Å². The van der Waals surface area contributed by atoms with Crippen LogP contribution in [0.5, 0.6) is 0 Å². The van der Waals surface area contributed by atoms with Crippen molar-refractivity contribution in [2.24, 2.45) is 0 Å². The van der Waals surface area contributed by atoms with Gasteiger partial charge in [0.25, 0.3) is 0 Å². The van der Waals surface area contributed by atoms with Gasteiger partial charge in [0.15, 0.2) is 0 Å². The summed E-state index contributed by atoms with van der Waals surface area (Å²) in [5, 5.41) is 11.2. The molecule has 0 atom stereocenters. The van der Waals surface area contributed by atoms with Crippen molar-refractivity contribution < 1.29 is 0 Å². The summed E-state index contributed by atoms with van der Waals surface area (Å²) in [6.45, 7) is 0. The summed E-state index contributed by atoms with van der Waals surface area (Å²) in [6.07, 6.45) is 1.57. The van der Waals surface area contributed by atoms with Crippen LogP contribution in [0.4, 0.5) is 0 Å². The molecule has 3 nitrogen and oxygen atoms in total. The molecule has 4 heteroatoms. The van der Waals surface area contributed by atoms with Gasteiger partial charge in [0, 0.05) is 0 Å². The lowest BCUT2D eigenvalue weighted by Gasteiger charge is -1.59. The third kappa shape index (κ3) is 1.35. The highest BCUT2D eigenvalue weighted by Crippen LogP contribution is 1.77. The van der Waals surface area contributed by atoms with E-state index in [9.17, 15) is 0 Å². The van der Waals surface area contributed by atoms with Gasteiger partial charge in [-0.05, 0) is 17.3 Å². The first kappa shape index (κ1) is 5.32. The average molecular weight is 125 g/mol. The van der Waals surface area contributed by atoms with E-state index in [2.05, 4.69) is 24.3 Å². The maximum absolute atomic E-state index is 3.59. The summed E-state index contributed by atoms with van der Waals surface area (Å²) in [7, 11) is 3.17. The van der Waals surface area contributed by atoms with Crippen molar-refractivity contribution in [1.29, 1.82) is 0 Å². The Kier molecular flexibility index (Phi) is 1.65. The lowest BCUT2D eigenvalue weighted by Crippen LogP contribution is -1.73. The Bertz CT molecular complexity index is 202. The fraction of sp³-hybridized carbons (Fsp3) is 0. The maximum Gasteiger partial charge on any atom is 0.107 e. The zero-order valence-electron chi connectivity index (χ0n) is 4.07. The lowest BCUT2D eigenvalue weighted by molar-refractivity contribution is 0.884. The van der Waals surface area contributed by atoms with Crippen molar-refractivity contribution in [2.45, 2.75) is 0 Å². The minimum Gasteiger partial charge on any atom is -0.139 e. The first-order valence-electron chi connectivity index (χ1n) is 2.09. The third-order valence-corrected chi connectivity index (χ3v) is 0.878. The molecule has 0 radical (unpaired) electrons. The average Bonchev–Trinajstić information content (AvgIpc) is 1.94. The summed E-state index contributed by atoms with van der Waals surface area (Å²) < 4.78 is 0. The summed E-state index contributed by atoms with van der Waals surface area (Å²) in [4.78, 5) is 0. The Hall–Kier alpha value is -0.820. The van der Waals surface area contributed by atoms with E-state index in [4.69, 9.17) is 0 Å². The van der Waals surface area contributed by atoms with Crippen molar-refractivity contribution in [3.05, 3.63) is 23.4 Å². The minimum atomic E-state index is 0.683. The lowest BCUT2D eigenvalue weighted by atomic mass is 10.6. The maximum atomic E-state index is 3.59. The van der Waals surface area contributed by atoms with Crippen LogP contribution in [-0.4, -0.2) is 15.4 Å². The number of rotatable bonds is 0. The van der Waals surface area contributed by atoms with E-state index in [1.807, 2.05) is 0 Å². The molecular formula is C4H4N3P. The van der Waals surface area contributed by atoms with Crippen molar-refractivity contribution >= 4 is 8.86 Å². The predicted molar refractivity (Wildman–Crippen MR) is 31.4 cm³/mol. The largest absolute Gasteiger partial charge is 0.139 e. The van der Waals surface area contributed by atoms with Gasteiger partial charge in [-0.25, -0.2) is 0 Å². The summed E-state index contributed by atoms with van der Waals surface area (Å²) in [5.41, 5.74) is 0. The van der Waals surface area contributed by atoms with E-state index in [1.165, 1.54) is 0 Å². The molecule has 0 bridgehead atoms. The molecule has 0 fully saturated rings. The molecule has 0 unspecified atom stereocenters. The first-order chi connectivity index (χ1) is 3.89. The molecule has 0 saturated heterocycles. The Morgan fingerprint density at radius 2 is 2.38 bits per heavy atom. The van der Waals surface area contributed by atoms with Gasteiger partial charge in [-0.3, -0.25) is 0 Å². The fourth-order valence-electron chi connectivity index (χ4n) is 0.310. The van der Waals surface area contributed by atoms with E-state index >= 15 is 0 Å². The summed E-state index contributed by atoms with van der Waals surface area (Å²) >= 11 is 0. The molecule has 0 amide bonds. The molecule has 1 rings (SSSR count). The molecule has 40 valence electrons. The summed E-state index contributed by atoms with van der Waals surface area (Å²) in [5.74, 6) is 0. The van der Waals surface area contributed by atoms with Gasteiger partial charge in [0.2, 0.25) is 0 Å². The quantitative estimate of drug-likeness (QED) is 0.475. The van der Waals surface area contributed by atoms with Crippen LogP contribution in [-0.2, 0) is 0 Å². The Morgan fingerprint density at radius 1 is 1.50 bits per heavy atom. The zero-order valence-corrected chi connectivity index (χ0v) is 5.07. The second-order valence-corrected chi connectivity index (χ2v) is 1.71. The monoisotopic (exact) mass is 125 g/mol. The van der Waals surface area contributed by atoms with E-state index < -0.39 is 0 Å². The van der Waals surface area contributed by atoms with Crippen LogP contribution < -0.4 is 0 Å². The fourth-order valence-corrected chi connectivity index (χ4v) is 0.451. The molecule has 1 aromatic rings. The van der Waals surface area contributed by atoms with Crippen LogP contribution in [0.15, 0.2) is 18.3 Å². The Labute approximate surface area is 48.6 Å². The van der Waals surface area contributed by atoms with E-state index in [1.54, 1.807) is 18.3 Å². The number of hydrogen-bond donors (Lipinski definition) is 0. The smallest absolute Gasteiger partial charge is 0.107 e. The first-order valence-corrected chi connectivity index (χ1v) is 2.59. The Balaban J connectivity index is 3.32. The van der Waals surface area contributed by atoms with Crippen molar-refractivity contribution in [3.8, 4) is 0 Å². The van der Waals surface area contributed by atoms with Gasteiger partial charge >= 0.3 is 0 Å². The molecule has 0 spiro atoms. The standard InChI is InChI=1S/C4H4N3P/c8-4-2-1-3-5-7-6-4/h1-3,8H. The SMILES string of the molecule is P=c1cccnnn1. The van der Waals surface area contributed by atoms with Crippen LogP contribution in [0, 0.1) is 5.07 Å². The number of nitrogens with zero attached hydrogens (tertiary/aromatic N) is 3. The second kappa shape index (κ2) is 2.48. The molecule has 0 aromatic carbocycles. The third-order valence-electron chi connectivity index (χ3n) is 0.611. The molecule has 0 N–H and O–H groups in total. The van der Waals surface area contributed by atoms with Crippen molar-refractivity contribution in [2.75, 3.05) is 0 Å². The van der Waals surface area contributed by atoms with Gasteiger partial charge in [-0.15, -0.1) is 10.2 Å². The molecule has 0 aliphatic carbocycles. The van der Waals surface area contributed by atoms with Gasteiger partial charge < -0.3 is 0 Å². The molecule has 1 heterocycles. The Morgan fingerprint density at radius 3 is 3.25 bits per heavy atom. The van der Waals surface area contributed by atoms with E-state index in [0.717, 1.165) is 0 Å². The minimum absolute atomic E-state index is 0.683. The summed E-state index contributed by atoms with van der Waals surface area (Å²) in [6, 6.07) is 3.51. The molecular weight excluding hydrogens is 121 g/mol. The topological polar surface area (TPSA) is 38.7 Å². The van der Waals surface area contributed by atoms with Gasteiger partial charge in [0.05, 0.1) is 6.20 Å². The van der Waals surface area contributed by atoms with Crippen LogP contribution in [0.1, 0.15) is 0 Å². The molecule has 0 aliphatic heterocycles. The van der Waals surface area contributed by atoms with Crippen LogP contribution in [0.25, 0.3) is 0 Å². The van der Waals surface area contributed by atoms with E-state index in [-0.39, 0.29) is 0 Å². The normalized spacial score (nSPS) is 8.50. The number of hydrogen-bond acceptors (Lipinski definition) is 3. The van der Waals surface area contributed by atoms with E-state index in [0.29, 0.717) is 5.07 Å². The molecule has 0 saturated carbocycles. The van der Waals surface area contributed by atoms with Gasteiger partial charge in [-0.2, -0.15) is 0 Å². The predicted octanol–water partition coefficient (Wildman–Crippen LogP) is 0.546. The molecule has 1 aromatic heterocycles. The highest BCUT2D eigenvalue weighted by Gasteiger charge is 1.67. The molecule has 0 aliphatic rings. The van der Waals surface area contributed by atoms with Crippen LogP contribution in [0.3, 0.4) is 0 Å². The van der Waals surface area contributed by atoms with Gasteiger partial charge in [0.1, 0.15) is 5.07 Å². The van der Waals surface area contributed by atoms with Crippen LogP contribution >= 0.6 is 8.86 Å². The highest BCUT2D eigenvalue weighted by molar-refractivity contribution is 7.06. The zero-order chi connectivity index (χ0) is 5.82.